The second-order valence-corrected chi connectivity index (χ2v) is 10.8. The van der Waals surface area contributed by atoms with Gasteiger partial charge in [0.05, 0.1) is 6.20 Å². The van der Waals surface area contributed by atoms with Gasteiger partial charge >= 0.3 is 12.1 Å². The molecule has 1 aromatic carbocycles. The molecule has 3 aromatic rings. The van der Waals surface area contributed by atoms with E-state index in [1.54, 1.807) is 0 Å². The fourth-order valence-corrected chi connectivity index (χ4v) is 4.30. The molecule has 1 atom stereocenters. The van der Waals surface area contributed by atoms with Crippen LogP contribution in [0, 0.1) is 16.7 Å². The van der Waals surface area contributed by atoms with Gasteiger partial charge in [0.2, 0.25) is 0 Å². The lowest BCUT2D eigenvalue weighted by molar-refractivity contribution is -0.192. The molecule has 0 saturated heterocycles. The number of benzene rings is 1. The highest BCUT2D eigenvalue weighted by Gasteiger charge is 2.38. The number of alkyl halides is 3. The number of amides is 1. The van der Waals surface area contributed by atoms with E-state index in [2.05, 4.69) is 66.8 Å². The fraction of sp³-hybridized carbons (Fsp3) is 0.444. The number of nitriles is 1. The Morgan fingerprint density at radius 2 is 2.00 bits per heavy atom. The lowest BCUT2D eigenvalue weighted by atomic mass is 9.76. The summed E-state index contributed by atoms with van der Waals surface area (Å²) in [5.41, 5.74) is 4.46. The van der Waals surface area contributed by atoms with Gasteiger partial charge in [0.1, 0.15) is 11.8 Å². The molecule has 1 unspecified atom stereocenters. The first-order chi connectivity index (χ1) is 19.7. The molecule has 2 aromatic heterocycles. The van der Waals surface area contributed by atoms with E-state index in [9.17, 15) is 18.0 Å². The highest BCUT2D eigenvalue weighted by molar-refractivity contribution is 6.03. The van der Waals surface area contributed by atoms with Crippen molar-refractivity contribution < 1.29 is 27.9 Å². The minimum Gasteiger partial charge on any atom is -0.475 e. The third-order valence-corrected chi connectivity index (χ3v) is 6.70. The topological polar surface area (TPSA) is 177 Å². The minimum atomic E-state index is -5.08. The summed E-state index contributed by atoms with van der Waals surface area (Å²) in [5, 5.41) is 34.0. The average molecular weight is 588 g/mol. The molecule has 4 rings (SSSR count). The standard InChI is InChI=1S/C25H31N9O.C2HF3O2/c1-25(2)10-7-16(8-11-25)20-13-17(19(9-12-34(3)4)22-30-32-33-31-22)5-6-21(20)29-24(35)23-27-15-18(14-26)28-23;3-2(4,5)1(6)7/h5-7,13,15,19H,8-12H2,1-4H3,(H,27,28)(H,29,35)(H,30,31,32,33);(H,6,7). The molecule has 2 heterocycles. The minimum absolute atomic E-state index is 0.0384. The number of imidazole rings is 1. The van der Waals surface area contributed by atoms with Crippen LogP contribution in [0.5, 0.6) is 0 Å². The highest BCUT2D eigenvalue weighted by Crippen LogP contribution is 2.41. The molecule has 42 heavy (non-hydrogen) atoms. The molecule has 224 valence electrons. The van der Waals surface area contributed by atoms with Crippen LogP contribution in [0.1, 0.15) is 78.7 Å². The van der Waals surface area contributed by atoms with Crippen LogP contribution in [0.25, 0.3) is 5.57 Å². The molecule has 4 N–H and O–H groups in total. The number of carboxylic acids is 1. The van der Waals surface area contributed by atoms with Crippen molar-refractivity contribution in [2.24, 2.45) is 5.41 Å². The Hall–Kier alpha value is -4.58. The number of nitrogens with zero attached hydrogens (tertiary/aromatic N) is 6. The zero-order chi connectivity index (χ0) is 31.1. The summed E-state index contributed by atoms with van der Waals surface area (Å²) < 4.78 is 31.7. The van der Waals surface area contributed by atoms with Crippen molar-refractivity contribution in [3.8, 4) is 6.07 Å². The first-order valence-corrected chi connectivity index (χ1v) is 13.0. The normalized spacial score (nSPS) is 15.2. The number of carboxylic acid groups (broad SMARTS) is 1. The maximum atomic E-state index is 12.9. The quantitative estimate of drug-likeness (QED) is 0.298. The summed E-state index contributed by atoms with van der Waals surface area (Å²) in [6.07, 6.45) is 2.33. The Morgan fingerprint density at radius 3 is 2.52 bits per heavy atom. The van der Waals surface area contributed by atoms with Crippen molar-refractivity contribution in [3.63, 3.8) is 0 Å². The molecule has 0 fully saturated rings. The highest BCUT2D eigenvalue weighted by atomic mass is 19.4. The van der Waals surface area contributed by atoms with Gasteiger partial charge in [-0.15, -0.1) is 10.2 Å². The number of carbonyl (C=O) groups excluding carboxylic acids is 1. The molecule has 0 aliphatic heterocycles. The van der Waals surface area contributed by atoms with E-state index in [1.165, 1.54) is 11.8 Å². The van der Waals surface area contributed by atoms with Crippen LogP contribution in [-0.2, 0) is 4.79 Å². The van der Waals surface area contributed by atoms with Crippen LogP contribution in [0.2, 0.25) is 0 Å². The summed E-state index contributed by atoms with van der Waals surface area (Å²) in [6, 6.07) is 8.03. The third-order valence-electron chi connectivity index (χ3n) is 6.70. The van der Waals surface area contributed by atoms with E-state index in [1.807, 2.05) is 32.3 Å². The zero-order valence-electron chi connectivity index (χ0n) is 23.6. The van der Waals surface area contributed by atoms with E-state index >= 15 is 0 Å². The molecule has 1 aliphatic rings. The maximum Gasteiger partial charge on any atom is 0.490 e. The van der Waals surface area contributed by atoms with Crippen LogP contribution in [0.3, 0.4) is 0 Å². The van der Waals surface area contributed by atoms with Gasteiger partial charge in [-0.3, -0.25) is 4.79 Å². The van der Waals surface area contributed by atoms with Gasteiger partial charge < -0.3 is 20.3 Å². The first kappa shape index (κ1) is 31.9. The van der Waals surface area contributed by atoms with Crippen molar-refractivity contribution in [2.45, 2.75) is 51.6 Å². The van der Waals surface area contributed by atoms with Gasteiger partial charge in [0.25, 0.3) is 5.91 Å². The van der Waals surface area contributed by atoms with E-state index in [-0.39, 0.29) is 28.8 Å². The molecule has 0 bridgehead atoms. The van der Waals surface area contributed by atoms with E-state index < -0.39 is 12.1 Å². The molecular formula is C27H32F3N9O3. The summed E-state index contributed by atoms with van der Waals surface area (Å²) in [7, 11) is 4.08. The number of hydrogen-bond donors (Lipinski definition) is 4. The van der Waals surface area contributed by atoms with E-state index in [0.29, 0.717) is 11.5 Å². The van der Waals surface area contributed by atoms with E-state index in [4.69, 9.17) is 15.2 Å². The summed E-state index contributed by atoms with van der Waals surface area (Å²) >= 11 is 0. The largest absolute Gasteiger partial charge is 0.490 e. The monoisotopic (exact) mass is 587 g/mol. The van der Waals surface area contributed by atoms with Crippen molar-refractivity contribution in [2.75, 3.05) is 26.0 Å². The summed E-state index contributed by atoms with van der Waals surface area (Å²) in [5.74, 6) is -2.44. The lowest BCUT2D eigenvalue weighted by Gasteiger charge is -2.30. The van der Waals surface area contributed by atoms with Crippen LogP contribution in [0.4, 0.5) is 18.9 Å². The number of allylic oxidation sites excluding steroid dienone is 2. The zero-order valence-corrected chi connectivity index (χ0v) is 23.6. The van der Waals surface area contributed by atoms with Crippen molar-refractivity contribution in [1.29, 1.82) is 5.26 Å². The molecule has 0 spiro atoms. The molecular weight excluding hydrogens is 555 g/mol. The van der Waals surface area contributed by atoms with Crippen LogP contribution < -0.4 is 5.32 Å². The molecule has 0 saturated carbocycles. The second kappa shape index (κ2) is 13.4. The van der Waals surface area contributed by atoms with E-state index in [0.717, 1.165) is 43.4 Å². The average Bonchev–Trinajstić information content (AvgIpc) is 3.62. The number of halogens is 3. The maximum absolute atomic E-state index is 12.9. The SMILES string of the molecule is CN(C)CCC(c1ccc(NC(=O)c2ncc(C#N)[nH]2)c(C2=CCC(C)(C)CC2)c1)c1nn[nH]n1.O=C(O)C(F)(F)F. The Balaban J connectivity index is 0.000000616. The fourth-order valence-electron chi connectivity index (χ4n) is 4.30. The number of H-pyrrole nitrogens is 2. The number of carbonyl (C=O) groups is 2. The molecule has 12 nitrogen and oxygen atoms in total. The Bertz CT molecular complexity index is 1460. The van der Waals surface area contributed by atoms with Crippen LogP contribution in [0.15, 0.2) is 30.5 Å². The first-order valence-electron chi connectivity index (χ1n) is 13.0. The Morgan fingerprint density at radius 1 is 1.29 bits per heavy atom. The number of anilines is 1. The number of aromatic amines is 2. The number of rotatable bonds is 8. The van der Waals surface area contributed by atoms with Gasteiger partial charge in [0, 0.05) is 17.2 Å². The van der Waals surface area contributed by atoms with Gasteiger partial charge in [0.15, 0.2) is 11.6 Å². The molecule has 1 amide bonds. The smallest absolute Gasteiger partial charge is 0.475 e. The van der Waals surface area contributed by atoms with Gasteiger partial charge in [-0.05, 0) is 75.0 Å². The summed E-state index contributed by atoms with van der Waals surface area (Å²) in [6.45, 7) is 5.41. The van der Waals surface area contributed by atoms with Gasteiger partial charge in [-0.25, -0.2) is 9.78 Å². The molecule has 15 heteroatoms. The van der Waals surface area contributed by atoms with Crippen molar-refractivity contribution in [1.82, 2.24) is 35.5 Å². The van der Waals surface area contributed by atoms with Crippen LogP contribution >= 0.6 is 0 Å². The second-order valence-electron chi connectivity index (χ2n) is 10.8. The van der Waals surface area contributed by atoms with Gasteiger partial charge in [-0.1, -0.05) is 31.2 Å². The predicted molar refractivity (Wildman–Crippen MR) is 146 cm³/mol. The van der Waals surface area contributed by atoms with Crippen LogP contribution in [-0.4, -0.2) is 79.3 Å². The Labute approximate surface area is 240 Å². The Kier molecular flexibility index (Phi) is 10.2. The number of tetrazole rings is 1. The molecule has 1 aliphatic carbocycles. The number of aliphatic carboxylic acids is 1. The lowest BCUT2D eigenvalue weighted by Crippen LogP contribution is -2.21. The van der Waals surface area contributed by atoms with Crippen molar-refractivity contribution in [3.05, 3.63) is 58.9 Å². The van der Waals surface area contributed by atoms with Gasteiger partial charge in [-0.2, -0.15) is 23.6 Å². The number of hydrogen-bond acceptors (Lipinski definition) is 8. The predicted octanol–water partition coefficient (Wildman–Crippen LogP) is 4.36. The number of nitrogens with one attached hydrogen (secondary N) is 3. The molecule has 0 radical (unpaired) electrons. The van der Waals surface area contributed by atoms with Crippen molar-refractivity contribution >= 4 is 23.1 Å². The number of aromatic nitrogens is 6. The summed E-state index contributed by atoms with van der Waals surface area (Å²) in [4.78, 5) is 30.7. The third kappa shape index (κ3) is 8.71.